The predicted octanol–water partition coefficient (Wildman–Crippen LogP) is 1.76. The van der Waals surface area contributed by atoms with Gasteiger partial charge in [-0.05, 0) is 56.4 Å². The lowest BCUT2D eigenvalue weighted by Crippen LogP contribution is -2.47. The number of piperidine rings is 1. The molecule has 0 saturated carbocycles. The number of benzene rings is 1. The highest BCUT2D eigenvalue weighted by molar-refractivity contribution is 7.89. The van der Waals surface area contributed by atoms with Gasteiger partial charge in [-0.15, -0.1) is 12.4 Å². The Morgan fingerprint density at radius 2 is 1.88 bits per heavy atom. The quantitative estimate of drug-likeness (QED) is 0.784. The maximum absolute atomic E-state index is 12.6. The summed E-state index contributed by atoms with van der Waals surface area (Å²) in [6, 6.07) is 5.29. The summed E-state index contributed by atoms with van der Waals surface area (Å²) in [5.74, 6) is -0.464. The van der Waals surface area contributed by atoms with Gasteiger partial charge in [-0.25, -0.2) is 17.9 Å². The first-order valence-electron chi connectivity index (χ1n) is 7.86. The number of fused-ring (bicyclic) bond motifs is 2. The van der Waals surface area contributed by atoms with Crippen molar-refractivity contribution in [1.82, 2.24) is 10.0 Å². The van der Waals surface area contributed by atoms with Gasteiger partial charge in [0, 0.05) is 18.1 Å². The van der Waals surface area contributed by atoms with Crippen LogP contribution in [0.2, 0.25) is 0 Å². The SMILES string of the molecule is COC(=O)c1ccc(S(=O)(=O)NC2CC3CCC(C2)N3)cc1C.Cl. The number of aryl methyl sites for hydroxylation is 1. The van der Waals surface area contributed by atoms with E-state index in [1.807, 2.05) is 0 Å². The molecule has 2 unspecified atom stereocenters. The number of sulfonamides is 1. The van der Waals surface area contributed by atoms with Gasteiger partial charge >= 0.3 is 5.97 Å². The normalized spacial score (nSPS) is 25.8. The van der Waals surface area contributed by atoms with Crippen molar-refractivity contribution >= 4 is 28.4 Å². The molecule has 2 N–H and O–H groups in total. The molecule has 2 heterocycles. The fourth-order valence-corrected chi connectivity index (χ4v) is 4.93. The average Bonchev–Trinajstić information content (AvgIpc) is 2.85. The van der Waals surface area contributed by atoms with E-state index in [0.717, 1.165) is 25.7 Å². The highest BCUT2D eigenvalue weighted by Gasteiger charge is 2.35. The minimum absolute atomic E-state index is 0. The minimum atomic E-state index is -3.58. The first-order valence-corrected chi connectivity index (χ1v) is 9.34. The largest absolute Gasteiger partial charge is 0.465 e. The average molecular weight is 375 g/mol. The van der Waals surface area contributed by atoms with Gasteiger partial charge in [-0.1, -0.05) is 0 Å². The van der Waals surface area contributed by atoms with Gasteiger partial charge in [0.15, 0.2) is 0 Å². The van der Waals surface area contributed by atoms with Crippen LogP contribution in [0.5, 0.6) is 0 Å². The molecule has 0 spiro atoms. The molecule has 8 heteroatoms. The Labute approximate surface area is 148 Å². The molecule has 2 saturated heterocycles. The zero-order chi connectivity index (χ0) is 16.6. The maximum atomic E-state index is 12.6. The molecule has 134 valence electrons. The number of esters is 1. The third-order valence-electron chi connectivity index (χ3n) is 4.71. The van der Waals surface area contributed by atoms with E-state index in [0.29, 0.717) is 23.2 Å². The van der Waals surface area contributed by atoms with Gasteiger partial charge in [0.25, 0.3) is 0 Å². The van der Waals surface area contributed by atoms with E-state index in [1.165, 1.54) is 25.3 Å². The van der Waals surface area contributed by atoms with Crippen LogP contribution < -0.4 is 10.0 Å². The predicted molar refractivity (Wildman–Crippen MR) is 93.1 cm³/mol. The first-order chi connectivity index (χ1) is 10.9. The molecule has 0 aromatic heterocycles. The Kier molecular flexibility index (Phi) is 5.91. The molecule has 24 heavy (non-hydrogen) atoms. The lowest BCUT2D eigenvalue weighted by molar-refractivity contribution is 0.0600. The smallest absolute Gasteiger partial charge is 0.338 e. The van der Waals surface area contributed by atoms with Crippen LogP contribution in [0.25, 0.3) is 0 Å². The molecule has 0 radical (unpaired) electrons. The summed E-state index contributed by atoms with van der Waals surface area (Å²) in [6.45, 7) is 1.70. The van der Waals surface area contributed by atoms with E-state index in [1.54, 1.807) is 6.92 Å². The van der Waals surface area contributed by atoms with Crippen molar-refractivity contribution < 1.29 is 17.9 Å². The molecule has 1 aromatic rings. The second-order valence-electron chi connectivity index (χ2n) is 6.40. The summed E-state index contributed by atoms with van der Waals surface area (Å²) in [6.07, 6.45) is 3.90. The second kappa shape index (κ2) is 7.39. The zero-order valence-electron chi connectivity index (χ0n) is 13.7. The van der Waals surface area contributed by atoms with Crippen LogP contribution in [-0.4, -0.2) is 39.6 Å². The van der Waals surface area contributed by atoms with Crippen LogP contribution >= 0.6 is 12.4 Å². The first kappa shape index (κ1) is 19.2. The summed E-state index contributed by atoms with van der Waals surface area (Å²) in [4.78, 5) is 11.8. The van der Waals surface area contributed by atoms with E-state index in [4.69, 9.17) is 0 Å². The Morgan fingerprint density at radius 3 is 2.42 bits per heavy atom. The Balaban J connectivity index is 0.00000208. The number of carbonyl (C=O) groups excluding carboxylic acids is 1. The van der Waals surface area contributed by atoms with Crippen molar-refractivity contribution in [2.24, 2.45) is 0 Å². The fraction of sp³-hybridized carbons (Fsp3) is 0.562. The third-order valence-corrected chi connectivity index (χ3v) is 6.23. The zero-order valence-corrected chi connectivity index (χ0v) is 15.4. The van der Waals surface area contributed by atoms with Crippen LogP contribution in [-0.2, 0) is 14.8 Å². The number of nitrogens with one attached hydrogen (secondary N) is 2. The standard InChI is InChI=1S/C16H22N2O4S.ClH/c1-10-7-14(5-6-15(10)16(19)22-2)23(20,21)18-13-8-11-3-4-12(9-13)17-11;/h5-7,11-13,17-18H,3-4,8-9H2,1-2H3;1H. The molecule has 3 rings (SSSR count). The van der Waals surface area contributed by atoms with Crippen LogP contribution in [0.3, 0.4) is 0 Å². The van der Waals surface area contributed by atoms with Crippen LogP contribution in [0.1, 0.15) is 41.6 Å². The minimum Gasteiger partial charge on any atom is -0.465 e. The van der Waals surface area contributed by atoms with Crippen LogP contribution in [0, 0.1) is 6.92 Å². The molecule has 0 aliphatic carbocycles. The number of hydrogen-bond acceptors (Lipinski definition) is 5. The van der Waals surface area contributed by atoms with Gasteiger partial charge in [0.05, 0.1) is 17.6 Å². The van der Waals surface area contributed by atoms with Crippen molar-refractivity contribution in [2.45, 2.75) is 55.6 Å². The Hall–Kier alpha value is -1.15. The lowest BCUT2D eigenvalue weighted by atomic mass is 10.0. The fourth-order valence-electron chi connectivity index (χ4n) is 3.58. The van der Waals surface area contributed by atoms with Gasteiger partial charge in [0.1, 0.15) is 0 Å². The molecule has 2 fully saturated rings. The number of ether oxygens (including phenoxy) is 1. The topological polar surface area (TPSA) is 84.5 Å². The summed E-state index contributed by atoms with van der Waals surface area (Å²) < 4.78 is 32.7. The second-order valence-corrected chi connectivity index (χ2v) is 8.11. The van der Waals surface area contributed by atoms with Crippen molar-refractivity contribution in [3.63, 3.8) is 0 Å². The number of rotatable bonds is 4. The van der Waals surface area contributed by atoms with Gasteiger partial charge in [-0.3, -0.25) is 0 Å². The monoisotopic (exact) mass is 374 g/mol. The number of methoxy groups -OCH3 is 1. The molecular weight excluding hydrogens is 352 g/mol. The third kappa shape index (κ3) is 3.91. The molecule has 2 aliphatic heterocycles. The van der Waals surface area contributed by atoms with E-state index >= 15 is 0 Å². The lowest BCUT2D eigenvalue weighted by Gasteiger charge is -2.29. The molecular formula is C16H23ClN2O4S. The van der Waals surface area contributed by atoms with Gasteiger partial charge in [0.2, 0.25) is 10.0 Å². The maximum Gasteiger partial charge on any atom is 0.338 e. The number of halogens is 1. The molecule has 2 aliphatic rings. The van der Waals surface area contributed by atoms with E-state index in [-0.39, 0.29) is 23.3 Å². The molecule has 1 aromatic carbocycles. The number of hydrogen-bond donors (Lipinski definition) is 2. The van der Waals surface area contributed by atoms with E-state index in [9.17, 15) is 13.2 Å². The molecule has 6 nitrogen and oxygen atoms in total. The van der Waals surface area contributed by atoms with Crippen molar-refractivity contribution in [1.29, 1.82) is 0 Å². The molecule has 0 amide bonds. The van der Waals surface area contributed by atoms with E-state index < -0.39 is 16.0 Å². The molecule has 2 bridgehead atoms. The van der Waals surface area contributed by atoms with E-state index in [2.05, 4.69) is 14.8 Å². The van der Waals surface area contributed by atoms with Crippen LogP contribution in [0.4, 0.5) is 0 Å². The summed E-state index contributed by atoms with van der Waals surface area (Å²) in [5, 5.41) is 3.50. The van der Waals surface area contributed by atoms with Gasteiger partial charge < -0.3 is 10.1 Å². The summed E-state index contributed by atoms with van der Waals surface area (Å²) >= 11 is 0. The Morgan fingerprint density at radius 1 is 1.25 bits per heavy atom. The number of carbonyl (C=O) groups is 1. The highest BCUT2D eigenvalue weighted by atomic mass is 35.5. The molecule has 2 atom stereocenters. The van der Waals surface area contributed by atoms with Crippen molar-refractivity contribution in [3.8, 4) is 0 Å². The highest BCUT2D eigenvalue weighted by Crippen LogP contribution is 2.28. The summed E-state index contributed by atoms with van der Waals surface area (Å²) in [5.41, 5.74) is 0.969. The Bertz CT molecular complexity index is 711. The van der Waals surface area contributed by atoms with Crippen molar-refractivity contribution in [2.75, 3.05) is 7.11 Å². The van der Waals surface area contributed by atoms with Gasteiger partial charge in [-0.2, -0.15) is 0 Å². The van der Waals surface area contributed by atoms with Crippen molar-refractivity contribution in [3.05, 3.63) is 29.3 Å². The van der Waals surface area contributed by atoms with Crippen LogP contribution in [0.15, 0.2) is 23.1 Å². The summed E-state index contributed by atoms with van der Waals surface area (Å²) in [7, 11) is -2.28.